The van der Waals surface area contributed by atoms with Crippen molar-refractivity contribution in [2.45, 2.75) is 32.6 Å². The van der Waals surface area contributed by atoms with Crippen molar-refractivity contribution in [3.63, 3.8) is 0 Å². The predicted octanol–water partition coefficient (Wildman–Crippen LogP) is 5.08. The lowest BCUT2D eigenvalue weighted by Crippen LogP contribution is -2.31. The number of halogens is 1. The molecule has 0 aliphatic carbocycles. The van der Waals surface area contributed by atoms with Gasteiger partial charge >= 0.3 is 0 Å². The molecule has 1 heterocycles. The van der Waals surface area contributed by atoms with E-state index in [2.05, 4.69) is 5.32 Å². The maximum Gasteiger partial charge on any atom is 0.291 e. The molecule has 0 fully saturated rings. The quantitative estimate of drug-likeness (QED) is 0.502. The Morgan fingerprint density at radius 1 is 1.16 bits per heavy atom. The molecule has 0 bridgehead atoms. The zero-order valence-corrected chi connectivity index (χ0v) is 19.4. The summed E-state index contributed by atoms with van der Waals surface area (Å²) in [7, 11) is -3.80. The minimum absolute atomic E-state index is 0.000206. The molecule has 0 unspecified atom stereocenters. The third-order valence-electron chi connectivity index (χ3n) is 4.95. The number of fused-ring (bicyclic) bond motifs is 1. The Balaban J connectivity index is 2.00. The molecule has 0 aliphatic rings. The summed E-state index contributed by atoms with van der Waals surface area (Å²) >= 11 is 6.17. The second-order valence-corrected chi connectivity index (χ2v) is 9.12. The van der Waals surface area contributed by atoms with E-state index in [4.69, 9.17) is 20.8 Å². The third kappa shape index (κ3) is 4.42. The van der Waals surface area contributed by atoms with Gasteiger partial charge in [-0.2, -0.15) is 4.31 Å². The minimum Gasteiger partial charge on any atom is -0.492 e. The molecule has 3 rings (SSSR count). The predicted molar refractivity (Wildman–Crippen MR) is 122 cm³/mol. The molecule has 31 heavy (non-hydrogen) atoms. The molecule has 2 aromatic carbocycles. The molecule has 0 aliphatic heterocycles. The van der Waals surface area contributed by atoms with Gasteiger partial charge in [0.25, 0.3) is 5.91 Å². The van der Waals surface area contributed by atoms with Crippen LogP contribution in [0.25, 0.3) is 11.0 Å². The second kappa shape index (κ2) is 9.30. The number of hydrogen-bond acceptors (Lipinski definition) is 5. The van der Waals surface area contributed by atoms with E-state index >= 15 is 0 Å². The van der Waals surface area contributed by atoms with Gasteiger partial charge in [-0.25, -0.2) is 8.42 Å². The number of amides is 1. The lowest BCUT2D eigenvalue weighted by molar-refractivity contribution is 0.0998. The molecule has 3 aromatic rings. The van der Waals surface area contributed by atoms with Gasteiger partial charge < -0.3 is 14.5 Å². The van der Waals surface area contributed by atoms with Crippen LogP contribution >= 0.6 is 11.6 Å². The standard InChI is InChI=1S/C22H25ClN2O5S/c1-5-25(6-2)31(27,28)19-13-15(11-12-18(19)29-7-3)24-22(26)20-14(4)16-9-8-10-17(23)21(16)30-20/h8-13H,5-7H2,1-4H3,(H,24,26). The molecule has 1 N–H and O–H groups in total. The monoisotopic (exact) mass is 464 g/mol. The van der Waals surface area contributed by atoms with Gasteiger partial charge in [0.2, 0.25) is 10.0 Å². The molecule has 0 saturated carbocycles. The van der Waals surface area contributed by atoms with E-state index < -0.39 is 15.9 Å². The number of aryl methyl sites for hydroxylation is 1. The molecule has 0 atom stereocenters. The van der Waals surface area contributed by atoms with Crippen molar-refractivity contribution < 1.29 is 22.4 Å². The highest BCUT2D eigenvalue weighted by Gasteiger charge is 2.27. The fraction of sp³-hybridized carbons (Fsp3) is 0.318. The number of ether oxygens (including phenoxy) is 1. The first-order valence-corrected chi connectivity index (χ1v) is 11.8. The summed E-state index contributed by atoms with van der Waals surface area (Å²) in [5.41, 5.74) is 1.39. The summed E-state index contributed by atoms with van der Waals surface area (Å²) in [6, 6.07) is 9.83. The number of rotatable bonds is 8. The maximum atomic E-state index is 13.1. The Kier molecular flexibility index (Phi) is 6.93. The maximum absolute atomic E-state index is 13.1. The van der Waals surface area contributed by atoms with Crippen LogP contribution in [0.5, 0.6) is 5.75 Å². The number of hydrogen-bond donors (Lipinski definition) is 1. The number of sulfonamides is 1. The van der Waals surface area contributed by atoms with Crippen molar-refractivity contribution in [1.82, 2.24) is 4.31 Å². The highest BCUT2D eigenvalue weighted by molar-refractivity contribution is 7.89. The van der Waals surface area contributed by atoms with Gasteiger partial charge in [0, 0.05) is 29.7 Å². The van der Waals surface area contributed by atoms with Crippen LogP contribution in [0.3, 0.4) is 0 Å². The number of para-hydroxylation sites is 1. The fourth-order valence-electron chi connectivity index (χ4n) is 3.38. The molecule has 0 spiro atoms. The average Bonchev–Trinajstić information content (AvgIpc) is 3.08. The molecule has 1 aromatic heterocycles. The van der Waals surface area contributed by atoms with Gasteiger partial charge in [-0.15, -0.1) is 0 Å². The molecular formula is C22H25ClN2O5S. The lowest BCUT2D eigenvalue weighted by atomic mass is 10.1. The summed E-state index contributed by atoms with van der Waals surface area (Å²) in [5.74, 6) is -0.149. The molecule has 1 amide bonds. The second-order valence-electron chi connectivity index (χ2n) is 6.81. The average molecular weight is 465 g/mol. The number of benzene rings is 2. The number of carbonyl (C=O) groups is 1. The summed E-state index contributed by atoms with van der Waals surface area (Å²) in [6.07, 6.45) is 0. The molecule has 0 saturated heterocycles. The first-order valence-electron chi connectivity index (χ1n) is 10.0. The van der Waals surface area contributed by atoms with E-state index in [9.17, 15) is 13.2 Å². The lowest BCUT2D eigenvalue weighted by Gasteiger charge is -2.21. The molecule has 166 valence electrons. The van der Waals surface area contributed by atoms with E-state index in [0.29, 0.717) is 41.6 Å². The van der Waals surface area contributed by atoms with Gasteiger partial charge in [-0.1, -0.05) is 37.6 Å². The molecule has 7 nitrogen and oxygen atoms in total. The van der Waals surface area contributed by atoms with Crippen molar-refractivity contribution in [1.29, 1.82) is 0 Å². The van der Waals surface area contributed by atoms with Crippen molar-refractivity contribution >= 4 is 44.2 Å². The summed E-state index contributed by atoms with van der Waals surface area (Å²) in [6.45, 7) is 8.03. The van der Waals surface area contributed by atoms with E-state index in [1.54, 1.807) is 45.9 Å². The van der Waals surface area contributed by atoms with E-state index in [1.165, 1.54) is 16.4 Å². The Hall–Kier alpha value is -2.55. The van der Waals surface area contributed by atoms with Crippen LogP contribution in [0.2, 0.25) is 5.02 Å². The van der Waals surface area contributed by atoms with Crippen molar-refractivity contribution in [2.75, 3.05) is 25.0 Å². The van der Waals surface area contributed by atoms with Gasteiger partial charge in [0.1, 0.15) is 10.6 Å². The van der Waals surface area contributed by atoms with Crippen LogP contribution in [-0.2, 0) is 10.0 Å². The number of anilines is 1. The summed E-state index contributed by atoms with van der Waals surface area (Å²) in [4.78, 5) is 12.9. The number of carbonyl (C=O) groups excluding carboxylic acids is 1. The number of nitrogens with one attached hydrogen (secondary N) is 1. The van der Waals surface area contributed by atoms with Crippen molar-refractivity contribution in [3.8, 4) is 5.75 Å². The molecular weight excluding hydrogens is 440 g/mol. The van der Waals surface area contributed by atoms with Gasteiger partial charge in [0.05, 0.1) is 11.6 Å². The highest BCUT2D eigenvalue weighted by atomic mass is 35.5. The normalized spacial score (nSPS) is 11.8. The molecule has 9 heteroatoms. The zero-order valence-electron chi connectivity index (χ0n) is 17.9. The van der Waals surface area contributed by atoms with Crippen LogP contribution < -0.4 is 10.1 Å². The largest absolute Gasteiger partial charge is 0.492 e. The number of nitrogens with zero attached hydrogens (tertiary/aromatic N) is 1. The van der Waals surface area contributed by atoms with Gasteiger partial charge in [-0.05, 0) is 38.1 Å². The van der Waals surface area contributed by atoms with Crippen molar-refractivity contribution in [3.05, 3.63) is 52.7 Å². The smallest absolute Gasteiger partial charge is 0.291 e. The third-order valence-corrected chi connectivity index (χ3v) is 7.32. The summed E-state index contributed by atoms with van der Waals surface area (Å²) < 4.78 is 38.8. The SMILES string of the molecule is CCOc1ccc(NC(=O)c2oc3c(Cl)cccc3c2C)cc1S(=O)(=O)N(CC)CC. The first kappa shape index (κ1) is 23.1. The minimum atomic E-state index is -3.80. The first-order chi connectivity index (χ1) is 14.7. The van der Waals surface area contributed by atoms with Crippen LogP contribution in [0.4, 0.5) is 5.69 Å². The van der Waals surface area contributed by atoms with Crippen LogP contribution in [0, 0.1) is 6.92 Å². The van der Waals surface area contributed by atoms with Gasteiger partial charge in [0.15, 0.2) is 11.3 Å². The summed E-state index contributed by atoms with van der Waals surface area (Å²) in [5, 5.41) is 3.88. The molecule has 0 radical (unpaired) electrons. The van der Waals surface area contributed by atoms with Crippen molar-refractivity contribution in [2.24, 2.45) is 0 Å². The Morgan fingerprint density at radius 2 is 1.87 bits per heavy atom. The Labute approximate surface area is 187 Å². The topological polar surface area (TPSA) is 88.8 Å². The number of furan rings is 1. The van der Waals surface area contributed by atoms with Crippen LogP contribution in [0.1, 0.15) is 36.9 Å². The fourth-order valence-corrected chi connectivity index (χ4v) is 5.21. The Bertz CT molecular complexity index is 1220. The van der Waals surface area contributed by atoms with E-state index in [0.717, 1.165) is 5.39 Å². The van der Waals surface area contributed by atoms with Crippen LogP contribution in [0.15, 0.2) is 45.7 Å². The highest BCUT2D eigenvalue weighted by Crippen LogP contribution is 2.33. The van der Waals surface area contributed by atoms with Crippen LogP contribution in [-0.4, -0.2) is 38.3 Å². The zero-order chi connectivity index (χ0) is 22.8. The van der Waals surface area contributed by atoms with Gasteiger partial charge in [-0.3, -0.25) is 4.79 Å². The van der Waals surface area contributed by atoms with E-state index in [-0.39, 0.29) is 16.4 Å². The Morgan fingerprint density at radius 3 is 2.48 bits per heavy atom. The van der Waals surface area contributed by atoms with E-state index in [1.807, 2.05) is 6.07 Å².